The predicted octanol–water partition coefficient (Wildman–Crippen LogP) is 2.17. The van der Waals surface area contributed by atoms with Crippen LogP contribution in [0.25, 0.3) is 0 Å². The van der Waals surface area contributed by atoms with Gasteiger partial charge in [0.05, 0.1) is 26.2 Å². The van der Waals surface area contributed by atoms with Gasteiger partial charge >= 0.3 is 0 Å². The van der Waals surface area contributed by atoms with Crippen LogP contribution in [-0.2, 0) is 0 Å². The summed E-state index contributed by atoms with van der Waals surface area (Å²) in [5.41, 5.74) is 0. The van der Waals surface area contributed by atoms with Gasteiger partial charge in [-0.15, -0.1) is 0 Å². The summed E-state index contributed by atoms with van der Waals surface area (Å²) in [6, 6.07) is 0.916. The van der Waals surface area contributed by atoms with Crippen molar-refractivity contribution in [3.05, 3.63) is 0 Å². The summed E-state index contributed by atoms with van der Waals surface area (Å²) in [6.07, 6.45) is 9.40. The Bertz CT molecular complexity index is 203. The molecular weight excluding hydrogens is 186 g/mol. The SMILES string of the molecule is C[N+]12CCCCC1C(CCCO)CCC2. The number of fused-ring (bicyclic) bond motifs is 1. The quantitative estimate of drug-likeness (QED) is 0.711. The first-order chi connectivity index (χ1) is 7.26. The largest absolute Gasteiger partial charge is 0.396 e. The maximum absolute atomic E-state index is 8.95. The standard InChI is InChI=1S/C13H26NO/c1-14-9-3-2-8-13(14)12(6-4-10-14)7-5-11-15/h12-13,15H,2-11H2,1H3/q+1. The summed E-state index contributed by atoms with van der Waals surface area (Å²) in [5.74, 6) is 0.899. The van der Waals surface area contributed by atoms with E-state index in [1.807, 2.05) is 0 Å². The summed E-state index contributed by atoms with van der Waals surface area (Å²) in [7, 11) is 2.47. The number of aliphatic hydroxyl groups is 1. The number of nitrogens with zero attached hydrogens (tertiary/aromatic N) is 1. The molecule has 2 heteroatoms. The molecule has 2 aliphatic rings. The molecule has 15 heavy (non-hydrogen) atoms. The van der Waals surface area contributed by atoms with Crippen LogP contribution in [0.3, 0.4) is 0 Å². The molecule has 0 amide bonds. The van der Waals surface area contributed by atoms with Crippen molar-refractivity contribution in [1.29, 1.82) is 0 Å². The lowest BCUT2D eigenvalue weighted by molar-refractivity contribution is -0.947. The molecule has 0 aliphatic carbocycles. The fourth-order valence-corrected chi connectivity index (χ4v) is 3.92. The second-order valence-electron chi connectivity index (χ2n) is 5.76. The van der Waals surface area contributed by atoms with Crippen LogP contribution in [0, 0.1) is 5.92 Å². The Kier molecular flexibility index (Phi) is 3.68. The zero-order chi connectivity index (χ0) is 10.7. The lowest BCUT2D eigenvalue weighted by atomic mass is 9.79. The normalized spacial score (nSPS) is 41.2. The molecule has 2 aliphatic heterocycles. The summed E-state index contributed by atoms with van der Waals surface area (Å²) >= 11 is 0. The van der Waals surface area contributed by atoms with E-state index in [0.717, 1.165) is 18.4 Å². The van der Waals surface area contributed by atoms with Crippen molar-refractivity contribution in [2.45, 2.75) is 51.0 Å². The third kappa shape index (κ3) is 2.36. The van der Waals surface area contributed by atoms with Crippen LogP contribution in [0.15, 0.2) is 0 Å². The van der Waals surface area contributed by atoms with Crippen molar-refractivity contribution in [2.24, 2.45) is 5.92 Å². The maximum atomic E-state index is 8.95. The number of piperidine rings is 2. The predicted molar refractivity (Wildman–Crippen MR) is 62.6 cm³/mol. The summed E-state index contributed by atoms with van der Waals surface area (Å²) < 4.78 is 1.34. The molecule has 0 bridgehead atoms. The van der Waals surface area contributed by atoms with Crippen LogP contribution in [0.2, 0.25) is 0 Å². The molecule has 3 unspecified atom stereocenters. The highest BCUT2D eigenvalue weighted by Gasteiger charge is 2.42. The van der Waals surface area contributed by atoms with Crippen LogP contribution >= 0.6 is 0 Å². The van der Waals surface area contributed by atoms with Crippen molar-refractivity contribution in [1.82, 2.24) is 0 Å². The van der Waals surface area contributed by atoms with E-state index in [0.29, 0.717) is 6.61 Å². The van der Waals surface area contributed by atoms with Gasteiger partial charge in [-0.3, -0.25) is 0 Å². The van der Waals surface area contributed by atoms with Gasteiger partial charge in [-0.2, -0.15) is 0 Å². The summed E-state index contributed by atoms with van der Waals surface area (Å²) in [4.78, 5) is 0. The van der Waals surface area contributed by atoms with Gasteiger partial charge in [0.2, 0.25) is 0 Å². The van der Waals surface area contributed by atoms with Crippen molar-refractivity contribution < 1.29 is 9.59 Å². The Morgan fingerprint density at radius 2 is 1.93 bits per heavy atom. The van der Waals surface area contributed by atoms with Crippen molar-refractivity contribution in [3.63, 3.8) is 0 Å². The Labute approximate surface area is 93.9 Å². The molecule has 0 aromatic carbocycles. The molecule has 2 saturated heterocycles. The minimum Gasteiger partial charge on any atom is -0.396 e. The van der Waals surface area contributed by atoms with Gasteiger partial charge in [0.25, 0.3) is 0 Å². The zero-order valence-electron chi connectivity index (χ0n) is 10.1. The van der Waals surface area contributed by atoms with Crippen molar-refractivity contribution >= 4 is 0 Å². The fourth-order valence-electron chi connectivity index (χ4n) is 3.92. The van der Waals surface area contributed by atoms with E-state index in [1.165, 1.54) is 56.1 Å². The van der Waals surface area contributed by atoms with Crippen LogP contribution < -0.4 is 0 Å². The zero-order valence-corrected chi connectivity index (χ0v) is 10.1. The molecular formula is C13H26NO+. The highest BCUT2D eigenvalue weighted by molar-refractivity contribution is 4.78. The van der Waals surface area contributed by atoms with Gasteiger partial charge < -0.3 is 9.59 Å². The maximum Gasteiger partial charge on any atom is 0.0916 e. The van der Waals surface area contributed by atoms with E-state index in [1.54, 1.807) is 0 Å². The lowest BCUT2D eigenvalue weighted by Crippen LogP contribution is -2.60. The van der Waals surface area contributed by atoms with Gasteiger partial charge in [-0.1, -0.05) is 0 Å². The molecule has 0 aromatic heterocycles. The van der Waals surface area contributed by atoms with E-state index in [-0.39, 0.29) is 0 Å². The smallest absolute Gasteiger partial charge is 0.0916 e. The average Bonchev–Trinajstić information content (AvgIpc) is 2.25. The van der Waals surface area contributed by atoms with Gasteiger partial charge in [-0.05, 0) is 44.9 Å². The number of quaternary nitrogens is 1. The molecule has 3 atom stereocenters. The molecule has 88 valence electrons. The molecule has 0 saturated carbocycles. The Morgan fingerprint density at radius 3 is 2.73 bits per heavy atom. The highest BCUT2D eigenvalue weighted by atomic mass is 16.2. The van der Waals surface area contributed by atoms with Crippen LogP contribution in [0.5, 0.6) is 0 Å². The summed E-state index contributed by atoms with van der Waals surface area (Å²) in [6.45, 7) is 3.19. The third-order valence-electron chi connectivity index (χ3n) is 4.74. The molecule has 0 radical (unpaired) electrons. The third-order valence-corrected chi connectivity index (χ3v) is 4.74. The first-order valence-corrected chi connectivity index (χ1v) is 6.71. The Hall–Kier alpha value is -0.0800. The number of aliphatic hydroxyl groups excluding tert-OH is 1. The van der Waals surface area contributed by atoms with Crippen molar-refractivity contribution in [3.8, 4) is 0 Å². The van der Waals surface area contributed by atoms with E-state index in [9.17, 15) is 0 Å². The van der Waals surface area contributed by atoms with E-state index in [4.69, 9.17) is 5.11 Å². The molecule has 0 aromatic rings. The molecule has 2 nitrogen and oxygen atoms in total. The minimum atomic E-state index is 0.382. The second kappa shape index (κ2) is 4.84. The van der Waals surface area contributed by atoms with Crippen LogP contribution in [0.4, 0.5) is 0 Å². The molecule has 2 fully saturated rings. The minimum absolute atomic E-state index is 0.382. The highest BCUT2D eigenvalue weighted by Crippen LogP contribution is 2.37. The molecule has 2 rings (SSSR count). The molecule has 2 heterocycles. The van der Waals surface area contributed by atoms with Crippen LogP contribution in [-0.4, -0.2) is 42.4 Å². The van der Waals surface area contributed by atoms with E-state index >= 15 is 0 Å². The first kappa shape index (κ1) is 11.4. The molecule has 0 spiro atoms. The Morgan fingerprint density at radius 1 is 1.13 bits per heavy atom. The van der Waals surface area contributed by atoms with Gasteiger partial charge in [-0.25, -0.2) is 0 Å². The number of hydrogen-bond acceptors (Lipinski definition) is 1. The lowest BCUT2D eigenvalue weighted by Gasteiger charge is -2.51. The van der Waals surface area contributed by atoms with E-state index in [2.05, 4.69) is 7.05 Å². The van der Waals surface area contributed by atoms with Gasteiger partial charge in [0.15, 0.2) is 0 Å². The average molecular weight is 212 g/mol. The van der Waals surface area contributed by atoms with Gasteiger partial charge in [0, 0.05) is 12.5 Å². The monoisotopic (exact) mass is 212 g/mol. The Balaban J connectivity index is 1.99. The topological polar surface area (TPSA) is 20.2 Å². The van der Waals surface area contributed by atoms with E-state index < -0.39 is 0 Å². The van der Waals surface area contributed by atoms with Crippen LogP contribution in [0.1, 0.15) is 44.9 Å². The number of hydrogen-bond donors (Lipinski definition) is 1. The van der Waals surface area contributed by atoms with Gasteiger partial charge in [0.1, 0.15) is 0 Å². The first-order valence-electron chi connectivity index (χ1n) is 6.71. The second-order valence-corrected chi connectivity index (χ2v) is 5.76. The summed E-state index contributed by atoms with van der Waals surface area (Å²) in [5, 5.41) is 8.95. The van der Waals surface area contributed by atoms with Crippen molar-refractivity contribution in [2.75, 3.05) is 26.7 Å². The number of rotatable bonds is 3. The fraction of sp³-hybridized carbons (Fsp3) is 1.00. The molecule has 1 N–H and O–H groups in total.